The number of methoxy groups -OCH3 is 1. The van der Waals surface area contributed by atoms with Crippen molar-refractivity contribution in [1.82, 2.24) is 10.6 Å². The molecular weight excluding hydrogens is 264 g/mol. The molecule has 3 N–H and O–H groups in total. The summed E-state index contributed by atoms with van der Waals surface area (Å²) in [6.45, 7) is 6.59. The van der Waals surface area contributed by atoms with Gasteiger partial charge in [-0.3, -0.25) is 4.79 Å². The van der Waals surface area contributed by atoms with Gasteiger partial charge in [0.15, 0.2) is 0 Å². The predicted molar refractivity (Wildman–Crippen MR) is 73.3 cm³/mol. The summed E-state index contributed by atoms with van der Waals surface area (Å²) in [7, 11) is 1.23. The zero-order valence-electron chi connectivity index (χ0n) is 12.5. The van der Waals surface area contributed by atoms with Gasteiger partial charge in [-0.25, -0.2) is 9.59 Å². The molecule has 0 aromatic rings. The zero-order valence-corrected chi connectivity index (χ0v) is 12.5. The lowest BCUT2D eigenvalue weighted by Crippen LogP contribution is -2.46. The van der Waals surface area contributed by atoms with E-state index < -0.39 is 24.0 Å². The molecule has 0 spiro atoms. The van der Waals surface area contributed by atoms with E-state index in [1.165, 1.54) is 7.11 Å². The number of carboxylic acid groups (broad SMARTS) is 1. The molecule has 0 saturated heterocycles. The molecule has 7 heteroatoms. The SMILES string of the molecule is COC(=O)CC[C@@H](NC(=O)NCCC(C)(C)C)C(=O)O. The molecule has 0 rings (SSSR count). The molecule has 0 bridgehead atoms. The smallest absolute Gasteiger partial charge is 0.326 e. The van der Waals surface area contributed by atoms with Crippen LogP contribution in [0.3, 0.4) is 0 Å². The van der Waals surface area contributed by atoms with Gasteiger partial charge in [-0.2, -0.15) is 0 Å². The summed E-state index contributed by atoms with van der Waals surface area (Å²) in [6.07, 6.45) is 0.713. The molecule has 0 aliphatic carbocycles. The maximum absolute atomic E-state index is 11.6. The first-order valence-corrected chi connectivity index (χ1v) is 6.49. The maximum atomic E-state index is 11.6. The fourth-order valence-corrected chi connectivity index (χ4v) is 1.38. The number of hydrogen-bond acceptors (Lipinski definition) is 4. The van der Waals surface area contributed by atoms with Crippen molar-refractivity contribution >= 4 is 18.0 Å². The molecule has 0 saturated carbocycles. The number of urea groups is 1. The van der Waals surface area contributed by atoms with E-state index in [4.69, 9.17) is 5.11 Å². The molecule has 0 unspecified atom stereocenters. The van der Waals surface area contributed by atoms with Crippen molar-refractivity contribution in [1.29, 1.82) is 0 Å². The van der Waals surface area contributed by atoms with Gasteiger partial charge in [-0.05, 0) is 18.3 Å². The summed E-state index contributed by atoms with van der Waals surface area (Å²) in [6, 6.07) is -1.66. The number of hydrogen-bond donors (Lipinski definition) is 3. The topological polar surface area (TPSA) is 105 Å². The lowest BCUT2D eigenvalue weighted by molar-refractivity contribution is -0.142. The standard InChI is InChI=1S/C13H24N2O5/c1-13(2,3)7-8-14-12(19)15-9(11(17)18)5-6-10(16)20-4/h9H,5-8H2,1-4H3,(H,17,18)(H2,14,15,19)/t9-/m1/s1. The minimum absolute atomic E-state index is 0.00526. The Hall–Kier alpha value is -1.79. The molecule has 116 valence electrons. The van der Waals surface area contributed by atoms with Crippen molar-refractivity contribution in [2.24, 2.45) is 5.41 Å². The van der Waals surface area contributed by atoms with Crippen LogP contribution in [0.1, 0.15) is 40.0 Å². The van der Waals surface area contributed by atoms with Crippen LogP contribution in [-0.4, -0.2) is 42.8 Å². The van der Waals surface area contributed by atoms with Crippen LogP contribution in [0.4, 0.5) is 4.79 Å². The monoisotopic (exact) mass is 288 g/mol. The van der Waals surface area contributed by atoms with Crippen molar-refractivity contribution < 1.29 is 24.2 Å². The van der Waals surface area contributed by atoms with Gasteiger partial charge in [0.2, 0.25) is 0 Å². The quantitative estimate of drug-likeness (QED) is 0.609. The van der Waals surface area contributed by atoms with Gasteiger partial charge < -0.3 is 20.5 Å². The summed E-state index contributed by atoms with van der Waals surface area (Å²) in [5.41, 5.74) is 0.0877. The lowest BCUT2D eigenvalue weighted by atomic mass is 9.92. The minimum atomic E-state index is -1.18. The Balaban J connectivity index is 4.15. The van der Waals surface area contributed by atoms with E-state index in [0.717, 1.165) is 6.42 Å². The molecule has 20 heavy (non-hydrogen) atoms. The van der Waals surface area contributed by atoms with Crippen LogP contribution in [0.15, 0.2) is 0 Å². The van der Waals surface area contributed by atoms with Crippen LogP contribution in [0.2, 0.25) is 0 Å². The van der Waals surface area contributed by atoms with Crippen molar-refractivity contribution in [3.05, 3.63) is 0 Å². The number of esters is 1. The highest BCUT2D eigenvalue weighted by Crippen LogP contribution is 2.16. The third-order valence-corrected chi connectivity index (χ3v) is 2.63. The largest absolute Gasteiger partial charge is 0.480 e. The number of carbonyl (C=O) groups is 3. The number of ether oxygens (including phenoxy) is 1. The van der Waals surface area contributed by atoms with E-state index in [2.05, 4.69) is 15.4 Å². The third-order valence-electron chi connectivity index (χ3n) is 2.63. The Morgan fingerprint density at radius 3 is 2.30 bits per heavy atom. The van der Waals surface area contributed by atoms with Crippen LogP contribution in [-0.2, 0) is 14.3 Å². The van der Waals surface area contributed by atoms with Gasteiger partial charge in [0.1, 0.15) is 6.04 Å². The highest BCUT2D eigenvalue weighted by molar-refractivity contribution is 5.83. The fourth-order valence-electron chi connectivity index (χ4n) is 1.38. The summed E-state index contributed by atoms with van der Waals surface area (Å²) in [5, 5.41) is 13.9. The highest BCUT2D eigenvalue weighted by atomic mass is 16.5. The van der Waals surface area contributed by atoms with E-state index in [9.17, 15) is 14.4 Å². The molecular formula is C13H24N2O5. The van der Waals surface area contributed by atoms with Crippen molar-refractivity contribution in [3.8, 4) is 0 Å². The summed E-state index contributed by atoms with van der Waals surface area (Å²) >= 11 is 0. The minimum Gasteiger partial charge on any atom is -0.480 e. The number of amides is 2. The van der Waals surface area contributed by atoms with Crippen molar-refractivity contribution in [2.75, 3.05) is 13.7 Å². The van der Waals surface area contributed by atoms with Gasteiger partial charge in [-0.1, -0.05) is 20.8 Å². The van der Waals surface area contributed by atoms with Gasteiger partial charge >= 0.3 is 18.0 Å². The molecule has 2 amide bonds. The number of nitrogens with one attached hydrogen (secondary N) is 2. The number of carboxylic acids is 1. The first kappa shape index (κ1) is 18.2. The third kappa shape index (κ3) is 9.18. The van der Waals surface area contributed by atoms with Crippen LogP contribution >= 0.6 is 0 Å². The molecule has 0 aromatic carbocycles. The van der Waals surface area contributed by atoms with Gasteiger partial charge in [0.25, 0.3) is 0 Å². The number of carbonyl (C=O) groups excluding carboxylic acids is 2. The highest BCUT2D eigenvalue weighted by Gasteiger charge is 2.21. The van der Waals surface area contributed by atoms with E-state index in [1.54, 1.807) is 0 Å². The summed E-state index contributed by atoms with van der Waals surface area (Å²) in [5.74, 6) is -1.69. The van der Waals surface area contributed by atoms with Crippen LogP contribution < -0.4 is 10.6 Å². The lowest BCUT2D eigenvalue weighted by Gasteiger charge is -2.19. The van der Waals surface area contributed by atoms with Crippen molar-refractivity contribution in [2.45, 2.75) is 46.1 Å². The van der Waals surface area contributed by atoms with Gasteiger partial charge in [0, 0.05) is 13.0 Å². The molecule has 0 fully saturated rings. The van der Waals surface area contributed by atoms with E-state index in [1.807, 2.05) is 20.8 Å². The van der Waals surface area contributed by atoms with Crippen LogP contribution in [0.5, 0.6) is 0 Å². The Kier molecular flexibility index (Phi) is 7.64. The molecule has 0 radical (unpaired) electrons. The molecule has 0 aliphatic rings. The maximum Gasteiger partial charge on any atom is 0.326 e. The van der Waals surface area contributed by atoms with Crippen molar-refractivity contribution in [3.63, 3.8) is 0 Å². The van der Waals surface area contributed by atoms with Crippen LogP contribution in [0, 0.1) is 5.41 Å². The second kappa shape index (κ2) is 8.39. The normalized spacial score (nSPS) is 12.4. The van der Waals surface area contributed by atoms with E-state index in [-0.39, 0.29) is 18.3 Å². The Bertz CT molecular complexity index is 349. The first-order chi connectivity index (χ1) is 9.15. The van der Waals surface area contributed by atoms with Gasteiger partial charge in [-0.15, -0.1) is 0 Å². The van der Waals surface area contributed by atoms with Gasteiger partial charge in [0.05, 0.1) is 7.11 Å². The van der Waals surface area contributed by atoms with E-state index >= 15 is 0 Å². The Labute approximate surface area is 119 Å². The summed E-state index contributed by atoms with van der Waals surface area (Å²) in [4.78, 5) is 33.5. The predicted octanol–water partition coefficient (Wildman–Crippen LogP) is 1.13. The fraction of sp³-hybridized carbons (Fsp3) is 0.769. The van der Waals surface area contributed by atoms with Crippen LogP contribution in [0.25, 0.3) is 0 Å². The zero-order chi connectivity index (χ0) is 15.8. The summed E-state index contributed by atoms with van der Waals surface area (Å²) < 4.78 is 4.43. The second-order valence-corrected chi connectivity index (χ2v) is 5.72. The first-order valence-electron chi connectivity index (χ1n) is 6.49. The average molecular weight is 288 g/mol. The second-order valence-electron chi connectivity index (χ2n) is 5.72. The molecule has 0 aliphatic heterocycles. The van der Waals surface area contributed by atoms with E-state index in [0.29, 0.717) is 6.54 Å². The number of rotatable bonds is 7. The molecule has 0 aromatic heterocycles. The Morgan fingerprint density at radius 1 is 1.25 bits per heavy atom. The molecule has 0 heterocycles. The average Bonchev–Trinajstić information content (AvgIpc) is 2.31. The Morgan fingerprint density at radius 2 is 1.85 bits per heavy atom. The number of aliphatic carboxylic acids is 1. The molecule has 1 atom stereocenters. The molecule has 7 nitrogen and oxygen atoms in total.